The molecule has 0 radical (unpaired) electrons. The topological polar surface area (TPSA) is 71.7 Å². The highest BCUT2D eigenvalue weighted by Crippen LogP contribution is 2.27. The van der Waals surface area contributed by atoms with E-state index in [0.717, 1.165) is 48.8 Å². The van der Waals surface area contributed by atoms with E-state index in [4.69, 9.17) is 10.5 Å². The highest BCUT2D eigenvalue weighted by molar-refractivity contribution is 5.94. The van der Waals surface area contributed by atoms with Gasteiger partial charge in [-0.25, -0.2) is 0 Å². The van der Waals surface area contributed by atoms with Gasteiger partial charge in [-0.15, -0.1) is 0 Å². The molecule has 1 saturated heterocycles. The van der Waals surface area contributed by atoms with Crippen molar-refractivity contribution < 1.29 is 9.53 Å². The van der Waals surface area contributed by atoms with Crippen molar-refractivity contribution >= 4 is 5.91 Å². The lowest BCUT2D eigenvalue weighted by atomic mass is 10.0. The first-order chi connectivity index (χ1) is 15.9. The monoisotopic (exact) mass is 446 g/mol. The third-order valence-corrected chi connectivity index (χ3v) is 6.12. The van der Waals surface area contributed by atoms with Crippen LogP contribution >= 0.6 is 0 Å². The van der Waals surface area contributed by atoms with Gasteiger partial charge in [-0.3, -0.25) is 14.7 Å². The molecule has 0 aliphatic carbocycles. The third-order valence-electron chi connectivity index (χ3n) is 6.12. The van der Waals surface area contributed by atoms with Crippen molar-refractivity contribution in [2.45, 2.75) is 26.8 Å². The number of carbonyl (C=O) groups excluding carboxylic acids is 1. The molecule has 1 atom stereocenters. The van der Waals surface area contributed by atoms with E-state index in [2.05, 4.69) is 59.5 Å². The summed E-state index contributed by atoms with van der Waals surface area (Å²) in [6.45, 7) is 14.4. The summed E-state index contributed by atoms with van der Waals surface area (Å²) in [4.78, 5) is 20.5. The van der Waals surface area contributed by atoms with E-state index in [0.29, 0.717) is 18.2 Å². The number of hydrogen-bond acceptors (Lipinski definition) is 5. The van der Waals surface area contributed by atoms with E-state index in [1.807, 2.05) is 25.3 Å². The first kappa shape index (κ1) is 24.3. The molecule has 33 heavy (non-hydrogen) atoms. The second kappa shape index (κ2) is 11.5. The number of aromatic nitrogens is 1. The van der Waals surface area contributed by atoms with E-state index in [1.54, 1.807) is 12.3 Å². The number of primary amides is 1. The van der Waals surface area contributed by atoms with E-state index in [9.17, 15) is 4.79 Å². The first-order valence-corrected chi connectivity index (χ1v) is 11.4. The number of ether oxygens (including phenoxy) is 1. The Labute approximate surface area is 197 Å². The zero-order chi connectivity index (χ0) is 23.8. The largest absolute Gasteiger partial charge is 0.492 e. The number of benzene rings is 1. The molecule has 0 spiro atoms. The van der Waals surface area contributed by atoms with Crippen LogP contribution in [-0.4, -0.2) is 53.5 Å². The zero-order valence-corrected chi connectivity index (χ0v) is 19.8. The number of nitrogens with two attached hydrogens (primary N) is 1. The highest BCUT2D eigenvalue weighted by atomic mass is 16.5. The Kier molecular flexibility index (Phi) is 8.44. The van der Waals surface area contributed by atoms with Gasteiger partial charge >= 0.3 is 0 Å². The fraction of sp³-hybridized carbons (Fsp3) is 0.333. The minimum Gasteiger partial charge on any atom is -0.492 e. The smallest absolute Gasteiger partial charge is 0.248 e. The maximum atomic E-state index is 11.3. The molecule has 0 bridgehead atoms. The summed E-state index contributed by atoms with van der Waals surface area (Å²) < 4.78 is 5.57. The normalized spacial score (nSPS) is 16.4. The van der Waals surface area contributed by atoms with Gasteiger partial charge < -0.3 is 15.4 Å². The number of nitrogens with zero attached hydrogens (tertiary/aromatic N) is 3. The van der Waals surface area contributed by atoms with Gasteiger partial charge in [0.25, 0.3) is 0 Å². The summed E-state index contributed by atoms with van der Waals surface area (Å²) in [6.07, 6.45) is 8.78. The molecule has 1 aromatic heterocycles. The number of carbonyl (C=O) groups is 1. The van der Waals surface area contributed by atoms with Crippen LogP contribution in [-0.2, 0) is 4.79 Å². The second-order valence-electron chi connectivity index (χ2n) is 8.16. The lowest BCUT2D eigenvalue weighted by Crippen LogP contribution is -2.46. The molecule has 3 rings (SSSR count). The Morgan fingerprint density at radius 3 is 2.45 bits per heavy atom. The molecule has 2 heterocycles. The molecule has 1 aromatic carbocycles. The molecule has 174 valence electrons. The van der Waals surface area contributed by atoms with Gasteiger partial charge in [-0.05, 0) is 50.1 Å². The predicted octanol–water partition coefficient (Wildman–Crippen LogP) is 4.33. The number of pyridine rings is 1. The first-order valence-electron chi connectivity index (χ1n) is 11.4. The molecule has 1 amide bonds. The molecule has 6 heteroatoms. The van der Waals surface area contributed by atoms with Crippen molar-refractivity contribution in [3.8, 4) is 16.9 Å². The Balaban J connectivity index is 1.60. The SMILES string of the molecule is C=C/C(=C\C=C(/C)N1CCN(C(C)c2ccc(-c3cncc(OCC)c3)cc2)CC1)C(N)=O. The molecule has 6 nitrogen and oxygen atoms in total. The van der Waals surface area contributed by atoms with E-state index in [1.165, 1.54) is 11.6 Å². The Morgan fingerprint density at radius 2 is 1.85 bits per heavy atom. The molecule has 1 unspecified atom stereocenters. The van der Waals surface area contributed by atoms with Crippen LogP contribution in [0.5, 0.6) is 5.75 Å². The maximum absolute atomic E-state index is 11.3. The summed E-state index contributed by atoms with van der Waals surface area (Å²) in [5, 5.41) is 0. The van der Waals surface area contributed by atoms with Crippen LogP contribution < -0.4 is 10.5 Å². The van der Waals surface area contributed by atoms with Gasteiger partial charge in [0.1, 0.15) is 5.75 Å². The van der Waals surface area contributed by atoms with Crippen LogP contribution in [0.4, 0.5) is 0 Å². The third kappa shape index (κ3) is 6.33. The average molecular weight is 447 g/mol. The summed E-state index contributed by atoms with van der Waals surface area (Å²) >= 11 is 0. The quantitative estimate of drug-likeness (QED) is 0.459. The molecular formula is C27H34N4O2. The van der Waals surface area contributed by atoms with Crippen LogP contribution in [0, 0.1) is 0 Å². The fourth-order valence-electron chi connectivity index (χ4n) is 4.02. The van der Waals surface area contributed by atoms with Crippen LogP contribution in [0.1, 0.15) is 32.4 Å². The minimum absolute atomic E-state index is 0.334. The predicted molar refractivity (Wildman–Crippen MR) is 134 cm³/mol. The van der Waals surface area contributed by atoms with Crippen molar-refractivity contribution in [2.75, 3.05) is 32.8 Å². The van der Waals surface area contributed by atoms with Gasteiger partial charge in [0.05, 0.1) is 12.8 Å². The van der Waals surface area contributed by atoms with Crippen molar-refractivity contribution in [3.63, 3.8) is 0 Å². The van der Waals surface area contributed by atoms with E-state index in [-0.39, 0.29) is 0 Å². The van der Waals surface area contributed by atoms with Crippen LogP contribution in [0.3, 0.4) is 0 Å². The fourth-order valence-corrected chi connectivity index (χ4v) is 4.02. The van der Waals surface area contributed by atoms with Gasteiger partial charge in [0.15, 0.2) is 0 Å². The van der Waals surface area contributed by atoms with Crippen LogP contribution in [0.2, 0.25) is 0 Å². The van der Waals surface area contributed by atoms with Gasteiger partial charge in [0.2, 0.25) is 5.91 Å². The van der Waals surface area contributed by atoms with Gasteiger partial charge in [-0.1, -0.05) is 36.9 Å². The van der Waals surface area contributed by atoms with E-state index >= 15 is 0 Å². The van der Waals surface area contributed by atoms with Crippen molar-refractivity contribution in [3.05, 3.63) is 84.4 Å². The number of piperazine rings is 1. The minimum atomic E-state index is -0.461. The Hall–Kier alpha value is -3.38. The Morgan fingerprint density at radius 1 is 1.15 bits per heavy atom. The van der Waals surface area contributed by atoms with Crippen LogP contribution in [0.15, 0.2) is 78.8 Å². The molecule has 0 saturated carbocycles. The van der Waals surface area contributed by atoms with Crippen LogP contribution in [0.25, 0.3) is 11.1 Å². The Bertz CT molecular complexity index is 1020. The van der Waals surface area contributed by atoms with Crippen molar-refractivity contribution in [1.82, 2.24) is 14.8 Å². The highest BCUT2D eigenvalue weighted by Gasteiger charge is 2.22. The number of allylic oxidation sites excluding steroid dienone is 3. The number of amides is 1. The summed E-state index contributed by atoms with van der Waals surface area (Å²) in [5.41, 5.74) is 10.4. The molecular weight excluding hydrogens is 412 g/mol. The van der Waals surface area contributed by atoms with Crippen molar-refractivity contribution in [1.29, 1.82) is 0 Å². The summed E-state index contributed by atoms with van der Waals surface area (Å²) in [7, 11) is 0. The number of rotatable bonds is 9. The zero-order valence-electron chi connectivity index (χ0n) is 19.8. The van der Waals surface area contributed by atoms with Gasteiger partial charge in [0, 0.05) is 55.3 Å². The lowest BCUT2D eigenvalue weighted by molar-refractivity contribution is -0.114. The molecule has 2 aromatic rings. The van der Waals surface area contributed by atoms with Crippen molar-refractivity contribution in [2.24, 2.45) is 5.73 Å². The second-order valence-corrected chi connectivity index (χ2v) is 8.16. The standard InChI is InChI=1S/C27H34N4O2/c1-5-22(27(28)32)8-7-20(3)30-13-15-31(16-14-30)21(4)23-9-11-24(12-10-23)25-17-26(33-6-2)19-29-18-25/h5,7-12,17-19,21H,1,6,13-16H2,2-4H3,(H2,28,32)/b20-7+,22-8+. The number of hydrogen-bond donors (Lipinski definition) is 1. The maximum Gasteiger partial charge on any atom is 0.248 e. The molecule has 1 aliphatic rings. The average Bonchev–Trinajstić information content (AvgIpc) is 2.84. The van der Waals surface area contributed by atoms with E-state index < -0.39 is 5.91 Å². The summed E-state index contributed by atoms with van der Waals surface area (Å²) in [5.74, 6) is 0.331. The summed E-state index contributed by atoms with van der Waals surface area (Å²) in [6, 6.07) is 11.1. The molecule has 1 fully saturated rings. The lowest BCUT2D eigenvalue weighted by Gasteiger charge is -2.39. The molecule has 1 aliphatic heterocycles. The molecule has 2 N–H and O–H groups in total. The van der Waals surface area contributed by atoms with Gasteiger partial charge in [-0.2, -0.15) is 0 Å².